The van der Waals surface area contributed by atoms with Gasteiger partial charge >= 0.3 is 6.09 Å². The molecule has 1 aromatic heterocycles. The van der Waals surface area contributed by atoms with Crippen molar-refractivity contribution >= 4 is 23.4 Å². The van der Waals surface area contributed by atoms with Crippen molar-refractivity contribution in [2.45, 2.75) is 19.5 Å². The Morgan fingerprint density at radius 3 is 2.59 bits per heavy atom. The molecule has 3 rings (SSSR count). The predicted molar refractivity (Wildman–Crippen MR) is 98.9 cm³/mol. The lowest BCUT2D eigenvalue weighted by molar-refractivity contribution is 0.0176. The quantitative estimate of drug-likeness (QED) is 0.595. The fourth-order valence-electron chi connectivity index (χ4n) is 2.44. The highest BCUT2D eigenvalue weighted by Crippen LogP contribution is 2.34. The molecule has 2 aromatic carbocycles. The molecular formula is C19H16ClF2N3O2. The summed E-state index contributed by atoms with van der Waals surface area (Å²) in [6, 6.07) is 11.3. The Kier molecular flexibility index (Phi) is 5.41. The number of anilines is 1. The molecule has 0 spiro atoms. The number of hydrogen-bond acceptors (Lipinski definition) is 3. The van der Waals surface area contributed by atoms with E-state index >= 15 is 0 Å². The molecule has 1 heterocycles. The number of rotatable bonds is 5. The second-order valence-corrected chi connectivity index (χ2v) is 6.38. The lowest BCUT2D eigenvalue weighted by Gasteiger charge is -2.14. The largest absolute Gasteiger partial charge is 0.444 e. The van der Waals surface area contributed by atoms with Crippen LogP contribution in [0.5, 0.6) is 0 Å². The molecule has 0 aliphatic heterocycles. The number of carbonyl (C=O) groups is 1. The maximum absolute atomic E-state index is 13.5. The van der Waals surface area contributed by atoms with Gasteiger partial charge in [-0.1, -0.05) is 35.9 Å². The van der Waals surface area contributed by atoms with Crippen molar-refractivity contribution in [1.82, 2.24) is 10.2 Å². The molecule has 2 N–H and O–H groups in total. The Morgan fingerprint density at radius 2 is 1.96 bits per heavy atom. The third-order valence-electron chi connectivity index (χ3n) is 3.84. The number of alkyl halides is 2. The number of nitrogens with zero attached hydrogens (tertiary/aromatic N) is 1. The standard InChI is InChI=1S/C19H16ClF2N3O2/c1-19(21,22)16-8-15(6-7-17(16)20)25-18(26)27-11-12-2-4-13(5-3-12)14-9-23-24-10-14/h2-10H,11H2,1H3,(H,23,24)(H,25,26). The van der Waals surface area contributed by atoms with Crippen molar-refractivity contribution in [1.29, 1.82) is 0 Å². The summed E-state index contributed by atoms with van der Waals surface area (Å²) in [7, 11) is 0. The van der Waals surface area contributed by atoms with E-state index < -0.39 is 12.0 Å². The Bertz CT molecular complexity index is 923. The number of nitrogens with one attached hydrogen (secondary N) is 2. The number of hydrogen-bond donors (Lipinski definition) is 2. The predicted octanol–water partition coefficient (Wildman–Crippen LogP) is 5.59. The van der Waals surface area contributed by atoms with Crippen molar-refractivity contribution < 1.29 is 18.3 Å². The average Bonchev–Trinajstić information content (AvgIpc) is 3.16. The molecule has 27 heavy (non-hydrogen) atoms. The van der Waals surface area contributed by atoms with Gasteiger partial charge in [0, 0.05) is 35.0 Å². The number of aromatic nitrogens is 2. The average molecular weight is 392 g/mol. The molecule has 0 aliphatic carbocycles. The zero-order valence-corrected chi connectivity index (χ0v) is 15.1. The van der Waals surface area contributed by atoms with Crippen LogP contribution in [0, 0.1) is 0 Å². The molecule has 0 aliphatic rings. The van der Waals surface area contributed by atoms with Gasteiger partial charge in [0.15, 0.2) is 0 Å². The van der Waals surface area contributed by atoms with Crippen LogP contribution in [-0.2, 0) is 17.3 Å². The Labute approximate surface area is 159 Å². The summed E-state index contributed by atoms with van der Waals surface area (Å²) in [4.78, 5) is 11.9. The smallest absolute Gasteiger partial charge is 0.411 e. The molecule has 8 heteroatoms. The fraction of sp³-hybridized carbons (Fsp3) is 0.158. The van der Waals surface area contributed by atoms with E-state index in [9.17, 15) is 13.6 Å². The summed E-state index contributed by atoms with van der Waals surface area (Å²) in [6.45, 7) is 0.783. The van der Waals surface area contributed by atoms with Crippen molar-refractivity contribution in [3.63, 3.8) is 0 Å². The highest BCUT2D eigenvalue weighted by molar-refractivity contribution is 6.31. The molecule has 0 fully saturated rings. The molecule has 0 bridgehead atoms. The number of aromatic amines is 1. The van der Waals surface area contributed by atoms with Crippen LogP contribution in [0.3, 0.4) is 0 Å². The van der Waals surface area contributed by atoms with Gasteiger partial charge in [-0.15, -0.1) is 0 Å². The van der Waals surface area contributed by atoms with Gasteiger partial charge in [-0.25, -0.2) is 13.6 Å². The van der Waals surface area contributed by atoms with Crippen molar-refractivity contribution in [3.8, 4) is 11.1 Å². The van der Waals surface area contributed by atoms with Gasteiger partial charge in [-0.3, -0.25) is 10.4 Å². The topological polar surface area (TPSA) is 67.0 Å². The van der Waals surface area contributed by atoms with Crippen LogP contribution in [0.15, 0.2) is 54.9 Å². The van der Waals surface area contributed by atoms with E-state index in [2.05, 4.69) is 15.5 Å². The van der Waals surface area contributed by atoms with Crippen molar-refractivity contribution in [2.24, 2.45) is 0 Å². The lowest BCUT2D eigenvalue weighted by Crippen LogP contribution is -2.15. The van der Waals surface area contributed by atoms with E-state index in [-0.39, 0.29) is 22.9 Å². The number of halogens is 3. The minimum Gasteiger partial charge on any atom is -0.444 e. The van der Waals surface area contributed by atoms with Gasteiger partial charge in [0.25, 0.3) is 5.92 Å². The first kappa shape index (κ1) is 18.8. The van der Waals surface area contributed by atoms with Crippen LogP contribution >= 0.6 is 11.6 Å². The first-order valence-electron chi connectivity index (χ1n) is 8.02. The zero-order chi connectivity index (χ0) is 19.4. The van der Waals surface area contributed by atoms with Gasteiger partial charge in [0.1, 0.15) is 6.61 Å². The minimum atomic E-state index is -3.12. The highest BCUT2D eigenvalue weighted by atomic mass is 35.5. The number of H-pyrrole nitrogens is 1. The molecule has 0 unspecified atom stereocenters. The molecule has 0 saturated carbocycles. The molecule has 140 valence electrons. The van der Waals surface area contributed by atoms with Gasteiger partial charge in [-0.2, -0.15) is 5.10 Å². The summed E-state index contributed by atoms with van der Waals surface area (Å²) >= 11 is 5.78. The van der Waals surface area contributed by atoms with Gasteiger partial charge < -0.3 is 4.74 Å². The van der Waals surface area contributed by atoms with Gasteiger partial charge in [0.05, 0.1) is 6.20 Å². The summed E-state index contributed by atoms with van der Waals surface area (Å²) in [5.74, 6) is -3.12. The van der Waals surface area contributed by atoms with E-state index in [4.69, 9.17) is 16.3 Å². The van der Waals surface area contributed by atoms with E-state index in [1.165, 1.54) is 12.1 Å². The molecule has 0 saturated heterocycles. The van der Waals surface area contributed by atoms with E-state index in [1.807, 2.05) is 24.3 Å². The molecular weight excluding hydrogens is 376 g/mol. The normalized spacial score (nSPS) is 11.3. The summed E-state index contributed by atoms with van der Waals surface area (Å²) < 4.78 is 32.1. The zero-order valence-electron chi connectivity index (χ0n) is 14.3. The summed E-state index contributed by atoms with van der Waals surface area (Å²) in [6.07, 6.45) is 2.74. The second kappa shape index (κ2) is 7.75. The first-order chi connectivity index (χ1) is 12.8. The van der Waals surface area contributed by atoms with Gasteiger partial charge in [-0.05, 0) is 29.3 Å². The van der Waals surface area contributed by atoms with E-state index in [1.54, 1.807) is 12.4 Å². The van der Waals surface area contributed by atoms with Crippen LogP contribution in [0.2, 0.25) is 5.02 Å². The maximum atomic E-state index is 13.5. The Hall–Kier alpha value is -2.93. The van der Waals surface area contributed by atoms with Crippen LogP contribution in [0.4, 0.5) is 19.3 Å². The maximum Gasteiger partial charge on any atom is 0.411 e. The van der Waals surface area contributed by atoms with Crippen LogP contribution < -0.4 is 5.32 Å². The second-order valence-electron chi connectivity index (χ2n) is 5.97. The number of ether oxygens (including phenoxy) is 1. The molecule has 1 amide bonds. The van der Waals surface area contributed by atoms with E-state index in [0.29, 0.717) is 0 Å². The first-order valence-corrected chi connectivity index (χ1v) is 8.40. The minimum absolute atomic E-state index is 0.0435. The molecule has 0 radical (unpaired) electrons. The number of carbonyl (C=O) groups excluding carboxylic acids is 1. The van der Waals surface area contributed by atoms with Crippen LogP contribution in [0.1, 0.15) is 18.1 Å². The Balaban J connectivity index is 1.58. The SMILES string of the molecule is CC(F)(F)c1cc(NC(=O)OCc2ccc(-c3cn[nH]c3)cc2)ccc1Cl. The Morgan fingerprint density at radius 1 is 1.22 bits per heavy atom. The molecule has 5 nitrogen and oxygen atoms in total. The fourth-order valence-corrected chi connectivity index (χ4v) is 2.73. The van der Waals surface area contributed by atoms with Crippen LogP contribution in [-0.4, -0.2) is 16.3 Å². The molecule has 3 aromatic rings. The number of benzene rings is 2. The van der Waals surface area contributed by atoms with Crippen molar-refractivity contribution in [2.75, 3.05) is 5.32 Å². The van der Waals surface area contributed by atoms with Gasteiger partial charge in [0.2, 0.25) is 0 Å². The summed E-state index contributed by atoms with van der Waals surface area (Å²) in [5.41, 5.74) is 2.53. The third kappa shape index (κ3) is 4.83. The lowest BCUT2D eigenvalue weighted by atomic mass is 10.1. The van der Waals surface area contributed by atoms with Crippen molar-refractivity contribution in [3.05, 3.63) is 71.0 Å². The van der Waals surface area contributed by atoms with Crippen LogP contribution in [0.25, 0.3) is 11.1 Å². The number of amides is 1. The van der Waals surface area contributed by atoms with E-state index in [0.717, 1.165) is 29.7 Å². The molecule has 0 atom stereocenters. The summed E-state index contributed by atoms with van der Waals surface area (Å²) in [5, 5.41) is 8.98. The third-order valence-corrected chi connectivity index (χ3v) is 4.17. The highest BCUT2D eigenvalue weighted by Gasteiger charge is 2.27. The monoisotopic (exact) mass is 391 g/mol.